The van der Waals surface area contributed by atoms with Crippen molar-refractivity contribution < 1.29 is 0 Å². The van der Waals surface area contributed by atoms with Crippen molar-refractivity contribution in [1.29, 1.82) is 0 Å². The Balaban J connectivity index is 2.20. The summed E-state index contributed by atoms with van der Waals surface area (Å²) in [5.74, 6) is 0. The van der Waals surface area contributed by atoms with Crippen molar-refractivity contribution in [2.45, 2.75) is 13.3 Å². The Labute approximate surface area is 69.2 Å². The number of nitrogens with zero attached hydrogens (tertiary/aromatic N) is 2. The second-order valence-electron chi connectivity index (χ2n) is 2.96. The van der Waals surface area contributed by atoms with Gasteiger partial charge in [-0.3, -0.25) is 4.90 Å². The molecule has 1 aliphatic heterocycles. The molecule has 11 heavy (non-hydrogen) atoms. The Kier molecular flexibility index (Phi) is 3.25. The first-order valence-electron chi connectivity index (χ1n) is 4.30. The summed E-state index contributed by atoms with van der Waals surface area (Å²) >= 11 is 0. The van der Waals surface area contributed by atoms with Gasteiger partial charge in [-0.05, 0) is 13.0 Å². The molecule has 2 nitrogen and oxygen atoms in total. The summed E-state index contributed by atoms with van der Waals surface area (Å²) < 4.78 is 0. The van der Waals surface area contributed by atoms with Crippen molar-refractivity contribution >= 4 is 0 Å². The molecule has 0 bridgehead atoms. The predicted octanol–water partition coefficient (Wildman–Crippen LogP) is 0.605. The molecule has 0 atom stereocenters. The third kappa shape index (κ3) is 2.44. The molecule has 1 heterocycles. The molecule has 0 aliphatic carbocycles. The van der Waals surface area contributed by atoms with E-state index in [9.17, 15) is 0 Å². The summed E-state index contributed by atoms with van der Waals surface area (Å²) in [5.41, 5.74) is 0. The average molecular weight is 152 g/mol. The molecule has 1 saturated heterocycles. The second-order valence-corrected chi connectivity index (χ2v) is 2.96. The summed E-state index contributed by atoms with van der Waals surface area (Å²) in [6.45, 7) is 7.79. The van der Waals surface area contributed by atoms with Crippen LogP contribution in [0.5, 0.6) is 0 Å². The molecule has 1 aliphatic rings. The molecular formula is C9H16N2. The van der Waals surface area contributed by atoms with Crippen molar-refractivity contribution in [2.24, 2.45) is 0 Å². The van der Waals surface area contributed by atoms with Crippen LogP contribution < -0.4 is 0 Å². The summed E-state index contributed by atoms with van der Waals surface area (Å²) in [6.07, 6.45) is 6.53. The fourth-order valence-corrected chi connectivity index (χ4v) is 1.42. The molecule has 0 unspecified atom stereocenters. The molecule has 0 aromatic heterocycles. The summed E-state index contributed by atoms with van der Waals surface area (Å²) in [7, 11) is 0. The van der Waals surface area contributed by atoms with Crippen LogP contribution in [0.15, 0.2) is 0 Å². The first-order valence-corrected chi connectivity index (χ1v) is 4.30. The lowest BCUT2D eigenvalue weighted by molar-refractivity contribution is 0.176. The Morgan fingerprint density at radius 1 is 1.27 bits per heavy atom. The topological polar surface area (TPSA) is 6.48 Å². The molecule has 0 aromatic carbocycles. The van der Waals surface area contributed by atoms with Crippen molar-refractivity contribution in [3.05, 3.63) is 0 Å². The van der Waals surface area contributed by atoms with Crippen molar-refractivity contribution in [3.8, 4) is 12.5 Å². The Morgan fingerprint density at radius 2 is 1.91 bits per heavy atom. The van der Waals surface area contributed by atoms with Crippen LogP contribution in [-0.4, -0.2) is 42.5 Å². The molecule has 1 fully saturated rings. The van der Waals surface area contributed by atoms with Gasteiger partial charge in [0.25, 0.3) is 0 Å². The summed E-state index contributed by atoms with van der Waals surface area (Å²) in [4.78, 5) is 4.51. The zero-order valence-corrected chi connectivity index (χ0v) is 7.21. The number of hydrogen-bond donors (Lipinski definition) is 0. The van der Waals surface area contributed by atoms with Gasteiger partial charge in [-0.2, -0.15) is 0 Å². The van der Waals surface area contributed by atoms with Gasteiger partial charge in [-0.25, -0.2) is 0 Å². The molecule has 0 radical (unpaired) electrons. The minimum Gasteiger partial charge on any atom is -0.330 e. The SMILES string of the molecule is C#CN1CCN(CCC)CC1. The maximum absolute atomic E-state index is 5.28. The highest BCUT2D eigenvalue weighted by molar-refractivity contribution is 4.88. The predicted molar refractivity (Wildman–Crippen MR) is 47.1 cm³/mol. The number of rotatable bonds is 2. The molecule has 0 aromatic rings. The van der Waals surface area contributed by atoms with Crippen LogP contribution in [0.4, 0.5) is 0 Å². The van der Waals surface area contributed by atoms with Gasteiger partial charge in [0.1, 0.15) is 0 Å². The molecule has 0 N–H and O–H groups in total. The number of terminal acetylenes is 1. The van der Waals surface area contributed by atoms with Gasteiger partial charge in [0.05, 0.1) is 0 Å². The van der Waals surface area contributed by atoms with E-state index in [1.54, 1.807) is 0 Å². The minimum absolute atomic E-state index is 1.04. The van der Waals surface area contributed by atoms with Crippen molar-refractivity contribution in [3.63, 3.8) is 0 Å². The van der Waals surface area contributed by atoms with Crippen molar-refractivity contribution in [2.75, 3.05) is 32.7 Å². The Hall–Kier alpha value is -0.680. The van der Waals surface area contributed by atoms with Gasteiger partial charge in [-0.1, -0.05) is 13.3 Å². The first-order chi connectivity index (χ1) is 5.36. The largest absolute Gasteiger partial charge is 0.330 e. The quantitative estimate of drug-likeness (QED) is 0.535. The van der Waals surface area contributed by atoms with E-state index in [0.717, 1.165) is 26.2 Å². The highest BCUT2D eigenvalue weighted by Gasteiger charge is 2.12. The highest BCUT2D eigenvalue weighted by atomic mass is 15.2. The van der Waals surface area contributed by atoms with E-state index in [2.05, 4.69) is 17.9 Å². The molecule has 0 spiro atoms. The maximum atomic E-state index is 5.28. The van der Waals surface area contributed by atoms with E-state index in [1.165, 1.54) is 13.0 Å². The summed E-state index contributed by atoms with van der Waals surface area (Å²) in [6, 6.07) is 2.67. The Bertz CT molecular complexity index is 140. The van der Waals surface area contributed by atoms with E-state index in [1.807, 2.05) is 4.90 Å². The van der Waals surface area contributed by atoms with Crippen LogP contribution in [0, 0.1) is 12.5 Å². The van der Waals surface area contributed by atoms with Gasteiger partial charge in [0, 0.05) is 32.2 Å². The minimum atomic E-state index is 1.04. The molecule has 0 saturated carbocycles. The monoisotopic (exact) mass is 152 g/mol. The molecule has 0 amide bonds. The van der Waals surface area contributed by atoms with E-state index < -0.39 is 0 Å². The maximum Gasteiger partial charge on any atom is 0.0388 e. The van der Waals surface area contributed by atoms with Crippen LogP contribution in [0.2, 0.25) is 0 Å². The lowest BCUT2D eigenvalue weighted by Crippen LogP contribution is -2.44. The molecule has 1 rings (SSSR count). The zero-order valence-electron chi connectivity index (χ0n) is 7.21. The molecule has 2 heteroatoms. The second kappa shape index (κ2) is 4.25. The van der Waals surface area contributed by atoms with Crippen LogP contribution in [0.25, 0.3) is 0 Å². The number of hydrogen-bond acceptors (Lipinski definition) is 2. The van der Waals surface area contributed by atoms with Gasteiger partial charge < -0.3 is 4.90 Å². The van der Waals surface area contributed by atoms with Crippen molar-refractivity contribution in [1.82, 2.24) is 9.80 Å². The van der Waals surface area contributed by atoms with E-state index in [4.69, 9.17) is 6.42 Å². The Morgan fingerprint density at radius 3 is 2.36 bits per heavy atom. The van der Waals surface area contributed by atoms with Crippen LogP contribution >= 0.6 is 0 Å². The van der Waals surface area contributed by atoms with Crippen LogP contribution in [0.3, 0.4) is 0 Å². The zero-order chi connectivity index (χ0) is 8.10. The van der Waals surface area contributed by atoms with Gasteiger partial charge in [0.2, 0.25) is 0 Å². The number of piperazine rings is 1. The standard InChI is InChI=1S/C9H16N2/c1-3-5-11-8-6-10(4-2)7-9-11/h2H,3,5-9H2,1H3. The fraction of sp³-hybridized carbons (Fsp3) is 0.778. The third-order valence-electron chi connectivity index (χ3n) is 2.09. The lowest BCUT2D eigenvalue weighted by Gasteiger charge is -2.32. The van der Waals surface area contributed by atoms with E-state index in [-0.39, 0.29) is 0 Å². The van der Waals surface area contributed by atoms with Gasteiger partial charge in [0.15, 0.2) is 0 Å². The normalized spacial score (nSPS) is 19.8. The highest BCUT2D eigenvalue weighted by Crippen LogP contribution is 2.00. The smallest absolute Gasteiger partial charge is 0.0388 e. The van der Waals surface area contributed by atoms with Gasteiger partial charge >= 0.3 is 0 Å². The van der Waals surface area contributed by atoms with E-state index >= 15 is 0 Å². The van der Waals surface area contributed by atoms with Crippen LogP contribution in [0.1, 0.15) is 13.3 Å². The fourth-order valence-electron chi connectivity index (χ4n) is 1.42. The third-order valence-corrected chi connectivity index (χ3v) is 2.09. The average Bonchev–Trinajstić information content (AvgIpc) is 2.07. The van der Waals surface area contributed by atoms with Gasteiger partial charge in [-0.15, -0.1) is 0 Å². The first kappa shape index (κ1) is 8.42. The van der Waals surface area contributed by atoms with Crippen LogP contribution in [-0.2, 0) is 0 Å². The summed E-state index contributed by atoms with van der Waals surface area (Å²) in [5, 5.41) is 0. The molecule has 62 valence electrons. The lowest BCUT2D eigenvalue weighted by atomic mass is 10.3. The van der Waals surface area contributed by atoms with E-state index in [0.29, 0.717) is 0 Å². The molecular weight excluding hydrogens is 136 g/mol.